The van der Waals surface area contributed by atoms with E-state index in [4.69, 9.17) is 16.3 Å². The number of nitrogens with zero attached hydrogens (tertiary/aromatic N) is 3. The SMILES string of the molecule is COCCN1C(=O)[C@@H](CC(=O)Nc2ccccc2Cl)n2c1nc1ccccc12. The molecule has 1 aromatic heterocycles. The van der Waals surface area contributed by atoms with E-state index in [0.717, 1.165) is 11.0 Å². The maximum atomic E-state index is 13.0. The van der Waals surface area contributed by atoms with Gasteiger partial charge in [-0.1, -0.05) is 35.9 Å². The molecule has 7 nitrogen and oxygen atoms in total. The molecule has 0 spiro atoms. The zero-order valence-corrected chi connectivity index (χ0v) is 16.0. The zero-order chi connectivity index (χ0) is 19.7. The Bertz CT molecular complexity index is 1050. The van der Waals surface area contributed by atoms with Crippen LogP contribution in [0.5, 0.6) is 0 Å². The summed E-state index contributed by atoms with van der Waals surface area (Å²) in [6.07, 6.45) is -0.0130. The van der Waals surface area contributed by atoms with Gasteiger partial charge in [0.2, 0.25) is 11.9 Å². The number of imidazole rings is 1. The Kier molecular flexibility index (Phi) is 5.02. The summed E-state index contributed by atoms with van der Waals surface area (Å²) in [6, 6.07) is 13.9. The molecule has 0 bridgehead atoms. The molecule has 1 aliphatic rings. The first kappa shape index (κ1) is 18.5. The second-order valence-electron chi connectivity index (χ2n) is 6.50. The molecule has 2 amide bonds. The van der Waals surface area contributed by atoms with Crippen molar-refractivity contribution in [3.8, 4) is 0 Å². The summed E-state index contributed by atoms with van der Waals surface area (Å²) < 4.78 is 6.96. The van der Waals surface area contributed by atoms with Gasteiger partial charge in [-0.2, -0.15) is 0 Å². The molecule has 0 saturated carbocycles. The highest BCUT2D eigenvalue weighted by Gasteiger charge is 2.40. The topological polar surface area (TPSA) is 76.5 Å². The number of fused-ring (bicyclic) bond motifs is 3. The van der Waals surface area contributed by atoms with Gasteiger partial charge in [-0.15, -0.1) is 0 Å². The molecule has 0 unspecified atom stereocenters. The highest BCUT2D eigenvalue weighted by molar-refractivity contribution is 6.33. The minimum absolute atomic E-state index is 0.0130. The molecular formula is C20H19ClN4O3. The Morgan fingerprint density at radius 2 is 1.96 bits per heavy atom. The number of nitrogens with one attached hydrogen (secondary N) is 1. The highest BCUT2D eigenvalue weighted by atomic mass is 35.5. The number of halogens is 1. The monoisotopic (exact) mass is 398 g/mol. The van der Waals surface area contributed by atoms with Crippen LogP contribution in [0.3, 0.4) is 0 Å². The van der Waals surface area contributed by atoms with E-state index in [9.17, 15) is 9.59 Å². The van der Waals surface area contributed by atoms with Gasteiger partial charge in [-0.25, -0.2) is 4.98 Å². The van der Waals surface area contributed by atoms with Gasteiger partial charge in [-0.05, 0) is 24.3 Å². The van der Waals surface area contributed by atoms with Crippen LogP contribution in [0.15, 0.2) is 48.5 Å². The van der Waals surface area contributed by atoms with Crippen molar-refractivity contribution < 1.29 is 14.3 Å². The van der Waals surface area contributed by atoms with Crippen molar-refractivity contribution in [2.75, 3.05) is 30.5 Å². The third-order valence-electron chi connectivity index (χ3n) is 4.73. The van der Waals surface area contributed by atoms with Gasteiger partial charge in [-0.3, -0.25) is 19.1 Å². The van der Waals surface area contributed by atoms with Gasteiger partial charge < -0.3 is 10.1 Å². The molecule has 28 heavy (non-hydrogen) atoms. The number of anilines is 2. The van der Waals surface area contributed by atoms with Crippen molar-refractivity contribution >= 4 is 46.1 Å². The van der Waals surface area contributed by atoms with E-state index in [1.165, 1.54) is 0 Å². The predicted molar refractivity (Wildman–Crippen MR) is 108 cm³/mol. The number of methoxy groups -OCH3 is 1. The maximum Gasteiger partial charge on any atom is 0.253 e. The standard InChI is InChI=1S/C20H19ClN4O3/c1-28-11-10-24-19(27)17(12-18(26)22-14-7-3-2-6-13(14)21)25-16-9-5-4-8-15(16)23-20(24)25/h2-9,17H,10-12H2,1H3,(H,22,26)/t17-/m1/s1. The molecule has 0 fully saturated rings. The summed E-state index contributed by atoms with van der Waals surface area (Å²) in [6.45, 7) is 0.759. The number of benzene rings is 2. The fraction of sp³-hybridized carbons (Fsp3) is 0.250. The Labute approximate surface area is 166 Å². The van der Waals surface area contributed by atoms with Crippen LogP contribution >= 0.6 is 11.6 Å². The molecule has 0 saturated heterocycles. The molecule has 1 N–H and O–H groups in total. The lowest BCUT2D eigenvalue weighted by molar-refractivity contribution is -0.124. The lowest BCUT2D eigenvalue weighted by Gasteiger charge is -2.15. The Morgan fingerprint density at radius 3 is 2.75 bits per heavy atom. The third kappa shape index (κ3) is 3.23. The second kappa shape index (κ2) is 7.61. The Hall–Kier alpha value is -2.90. The Balaban J connectivity index is 1.64. The van der Waals surface area contributed by atoms with Crippen LogP contribution in [-0.4, -0.2) is 41.6 Å². The molecule has 1 aliphatic heterocycles. The van der Waals surface area contributed by atoms with Crippen molar-refractivity contribution in [3.05, 3.63) is 53.6 Å². The number of hydrogen-bond acceptors (Lipinski definition) is 4. The predicted octanol–water partition coefficient (Wildman–Crippen LogP) is 3.25. The number of para-hydroxylation sites is 3. The van der Waals surface area contributed by atoms with E-state index in [-0.39, 0.29) is 18.2 Å². The van der Waals surface area contributed by atoms with Crippen molar-refractivity contribution in [1.29, 1.82) is 0 Å². The number of carbonyl (C=O) groups is 2. The first-order valence-electron chi connectivity index (χ1n) is 8.92. The summed E-state index contributed by atoms with van der Waals surface area (Å²) in [5, 5.41) is 3.23. The molecule has 1 atom stereocenters. The van der Waals surface area contributed by atoms with E-state index >= 15 is 0 Å². The van der Waals surface area contributed by atoms with Crippen LogP contribution in [0.2, 0.25) is 5.02 Å². The lowest BCUT2D eigenvalue weighted by Crippen LogP contribution is -2.33. The van der Waals surface area contributed by atoms with Gasteiger partial charge in [0.15, 0.2) is 0 Å². The smallest absolute Gasteiger partial charge is 0.253 e. The van der Waals surface area contributed by atoms with Crippen LogP contribution in [0.1, 0.15) is 12.5 Å². The Morgan fingerprint density at radius 1 is 1.21 bits per heavy atom. The number of amides is 2. The van der Waals surface area contributed by atoms with Gasteiger partial charge in [0.25, 0.3) is 5.91 Å². The van der Waals surface area contributed by atoms with E-state index in [1.807, 2.05) is 28.8 Å². The molecule has 2 aromatic carbocycles. The molecule has 2 heterocycles. The minimum Gasteiger partial charge on any atom is -0.383 e. The number of ether oxygens (including phenoxy) is 1. The zero-order valence-electron chi connectivity index (χ0n) is 15.3. The summed E-state index contributed by atoms with van der Waals surface area (Å²) in [4.78, 5) is 31.9. The number of aromatic nitrogens is 2. The van der Waals surface area contributed by atoms with Crippen LogP contribution in [-0.2, 0) is 14.3 Å². The first-order valence-corrected chi connectivity index (χ1v) is 9.29. The first-order chi connectivity index (χ1) is 13.6. The van der Waals surface area contributed by atoms with Crippen molar-refractivity contribution in [2.24, 2.45) is 0 Å². The minimum atomic E-state index is -0.665. The summed E-state index contributed by atoms with van der Waals surface area (Å²) in [5.74, 6) is 0.0853. The molecule has 144 valence electrons. The molecule has 8 heteroatoms. The van der Waals surface area contributed by atoms with Gasteiger partial charge >= 0.3 is 0 Å². The number of carbonyl (C=O) groups excluding carboxylic acids is 2. The summed E-state index contributed by atoms with van der Waals surface area (Å²) in [5.41, 5.74) is 2.12. The number of rotatable bonds is 6. The highest BCUT2D eigenvalue weighted by Crippen LogP contribution is 2.36. The average Bonchev–Trinajstić information content (AvgIpc) is 3.17. The molecule has 0 radical (unpaired) electrons. The normalized spacial score (nSPS) is 15.9. The van der Waals surface area contributed by atoms with E-state index in [0.29, 0.717) is 29.8 Å². The largest absolute Gasteiger partial charge is 0.383 e. The van der Waals surface area contributed by atoms with Gasteiger partial charge in [0, 0.05) is 7.11 Å². The fourth-order valence-electron chi connectivity index (χ4n) is 3.43. The lowest BCUT2D eigenvalue weighted by atomic mass is 10.1. The van der Waals surface area contributed by atoms with Gasteiger partial charge in [0.05, 0.1) is 41.3 Å². The fourth-order valence-corrected chi connectivity index (χ4v) is 3.61. The quantitative estimate of drug-likeness (QED) is 0.691. The van der Waals surface area contributed by atoms with Crippen LogP contribution < -0.4 is 10.2 Å². The average molecular weight is 399 g/mol. The van der Waals surface area contributed by atoms with E-state index in [2.05, 4.69) is 10.3 Å². The van der Waals surface area contributed by atoms with Crippen molar-refractivity contribution in [2.45, 2.75) is 12.5 Å². The van der Waals surface area contributed by atoms with Crippen LogP contribution in [0.25, 0.3) is 11.0 Å². The third-order valence-corrected chi connectivity index (χ3v) is 5.06. The maximum absolute atomic E-state index is 13.0. The molecule has 4 rings (SSSR count). The molecular weight excluding hydrogens is 380 g/mol. The number of hydrogen-bond donors (Lipinski definition) is 1. The van der Waals surface area contributed by atoms with Crippen LogP contribution in [0, 0.1) is 0 Å². The molecule has 0 aliphatic carbocycles. The van der Waals surface area contributed by atoms with Crippen molar-refractivity contribution in [1.82, 2.24) is 9.55 Å². The second-order valence-corrected chi connectivity index (χ2v) is 6.91. The van der Waals surface area contributed by atoms with E-state index in [1.54, 1.807) is 36.3 Å². The van der Waals surface area contributed by atoms with Crippen LogP contribution in [0.4, 0.5) is 11.6 Å². The van der Waals surface area contributed by atoms with Gasteiger partial charge in [0.1, 0.15) is 6.04 Å². The van der Waals surface area contributed by atoms with Crippen molar-refractivity contribution in [3.63, 3.8) is 0 Å². The summed E-state index contributed by atoms with van der Waals surface area (Å²) in [7, 11) is 1.58. The summed E-state index contributed by atoms with van der Waals surface area (Å²) >= 11 is 6.12. The van der Waals surface area contributed by atoms with E-state index < -0.39 is 6.04 Å². The molecule has 3 aromatic rings.